The van der Waals surface area contributed by atoms with E-state index >= 15 is 0 Å². The number of aromatic nitrogens is 3. The Morgan fingerprint density at radius 1 is 1.25 bits per heavy atom. The highest BCUT2D eigenvalue weighted by Crippen LogP contribution is 2.29. The zero-order valence-electron chi connectivity index (χ0n) is 16.2. The van der Waals surface area contributed by atoms with Crippen molar-refractivity contribution >= 4 is 34.4 Å². The molecule has 0 bridgehead atoms. The van der Waals surface area contributed by atoms with E-state index in [1.165, 1.54) is 0 Å². The minimum Gasteiger partial charge on any atom is -0.353 e. The minimum absolute atomic E-state index is 0.250. The lowest BCUT2D eigenvalue weighted by Gasteiger charge is -2.35. The summed E-state index contributed by atoms with van der Waals surface area (Å²) in [6.45, 7) is 7.23. The Balaban J connectivity index is 1.52. The van der Waals surface area contributed by atoms with Gasteiger partial charge in [-0.25, -0.2) is 9.97 Å². The van der Waals surface area contributed by atoms with Gasteiger partial charge in [0.05, 0.1) is 10.7 Å². The van der Waals surface area contributed by atoms with E-state index < -0.39 is 0 Å². The van der Waals surface area contributed by atoms with Crippen molar-refractivity contribution in [3.63, 3.8) is 0 Å². The number of fused-ring (bicyclic) bond motifs is 1. The number of anilines is 1. The molecule has 1 saturated heterocycles. The van der Waals surface area contributed by atoms with Crippen molar-refractivity contribution in [1.29, 1.82) is 0 Å². The molecule has 28 heavy (non-hydrogen) atoms. The van der Waals surface area contributed by atoms with Gasteiger partial charge >= 0.3 is 0 Å². The summed E-state index contributed by atoms with van der Waals surface area (Å²) in [5.41, 5.74) is 2.66. The molecule has 146 valence electrons. The van der Waals surface area contributed by atoms with Crippen LogP contribution in [0.15, 0.2) is 36.7 Å². The minimum atomic E-state index is 0.250. The molecule has 0 unspecified atom stereocenters. The maximum Gasteiger partial charge on any atom is 0.222 e. The third-order valence-electron chi connectivity index (χ3n) is 5.05. The number of pyridine rings is 2. The standard InChI is InChI=1S/C21H24ClN5O/c1-14(2)10-20(28)27-8-6-26(7-9-27)19-5-3-4-18(25-19)17-13-24-21-16(17)11-15(22)12-23-21/h3-5,11-14H,6-10H2,1-2H3,(H,23,24). The second-order valence-electron chi connectivity index (χ2n) is 7.60. The van der Waals surface area contributed by atoms with E-state index in [9.17, 15) is 4.79 Å². The number of carbonyl (C=O) groups is 1. The highest BCUT2D eigenvalue weighted by Gasteiger charge is 2.22. The van der Waals surface area contributed by atoms with Crippen molar-refractivity contribution in [2.24, 2.45) is 5.92 Å². The van der Waals surface area contributed by atoms with Gasteiger partial charge < -0.3 is 14.8 Å². The van der Waals surface area contributed by atoms with E-state index in [0.717, 1.165) is 54.3 Å². The average molecular weight is 398 g/mol. The Morgan fingerprint density at radius 2 is 2.04 bits per heavy atom. The number of piperazine rings is 1. The van der Waals surface area contributed by atoms with Crippen LogP contribution in [0.25, 0.3) is 22.3 Å². The predicted molar refractivity (Wildman–Crippen MR) is 113 cm³/mol. The molecule has 6 nitrogen and oxygen atoms in total. The van der Waals surface area contributed by atoms with E-state index in [4.69, 9.17) is 16.6 Å². The summed E-state index contributed by atoms with van der Waals surface area (Å²) in [7, 11) is 0. The van der Waals surface area contributed by atoms with Crippen molar-refractivity contribution in [1.82, 2.24) is 19.9 Å². The molecule has 1 aliphatic rings. The number of H-pyrrole nitrogens is 1. The lowest BCUT2D eigenvalue weighted by Crippen LogP contribution is -2.49. The first kappa shape index (κ1) is 18.7. The molecule has 0 aliphatic carbocycles. The SMILES string of the molecule is CC(C)CC(=O)N1CCN(c2cccc(-c3c[nH]c4ncc(Cl)cc34)n2)CC1. The number of amides is 1. The van der Waals surface area contributed by atoms with Gasteiger partial charge in [-0.1, -0.05) is 31.5 Å². The molecule has 0 saturated carbocycles. The first-order valence-corrected chi connectivity index (χ1v) is 10.0. The van der Waals surface area contributed by atoms with Crippen LogP contribution in [0.3, 0.4) is 0 Å². The number of carbonyl (C=O) groups excluding carboxylic acids is 1. The number of aromatic amines is 1. The quantitative estimate of drug-likeness (QED) is 0.723. The molecule has 7 heteroatoms. The Labute approximate surface area is 169 Å². The number of rotatable bonds is 4. The molecule has 3 aromatic rings. The van der Waals surface area contributed by atoms with Crippen LogP contribution in [0.1, 0.15) is 20.3 Å². The number of hydrogen-bond donors (Lipinski definition) is 1. The molecule has 4 rings (SSSR count). The first-order valence-electron chi connectivity index (χ1n) is 9.64. The number of nitrogens with zero attached hydrogens (tertiary/aromatic N) is 4. The number of hydrogen-bond acceptors (Lipinski definition) is 4. The van der Waals surface area contributed by atoms with Crippen LogP contribution < -0.4 is 4.90 Å². The van der Waals surface area contributed by atoms with Gasteiger partial charge in [-0.3, -0.25) is 4.79 Å². The third-order valence-corrected chi connectivity index (χ3v) is 5.25. The molecule has 1 amide bonds. The molecule has 1 aliphatic heterocycles. The zero-order chi connectivity index (χ0) is 19.7. The molecular weight excluding hydrogens is 374 g/mol. The lowest BCUT2D eigenvalue weighted by molar-refractivity contribution is -0.132. The summed E-state index contributed by atoms with van der Waals surface area (Å²) in [5, 5.41) is 1.56. The van der Waals surface area contributed by atoms with Gasteiger partial charge in [-0.15, -0.1) is 0 Å². The van der Waals surface area contributed by atoms with Crippen molar-refractivity contribution in [2.75, 3.05) is 31.1 Å². The van der Waals surface area contributed by atoms with Crippen LogP contribution in [-0.2, 0) is 4.79 Å². The molecule has 1 fully saturated rings. The van der Waals surface area contributed by atoms with Gasteiger partial charge in [0.25, 0.3) is 0 Å². The summed E-state index contributed by atoms with van der Waals surface area (Å²) < 4.78 is 0. The van der Waals surface area contributed by atoms with Gasteiger partial charge in [0.2, 0.25) is 5.91 Å². The summed E-state index contributed by atoms with van der Waals surface area (Å²) in [4.78, 5) is 28.9. The summed E-state index contributed by atoms with van der Waals surface area (Å²) in [6, 6.07) is 7.94. The van der Waals surface area contributed by atoms with Crippen LogP contribution >= 0.6 is 11.6 Å². The monoisotopic (exact) mass is 397 g/mol. The molecule has 1 N–H and O–H groups in total. The molecule has 0 spiro atoms. The fourth-order valence-corrected chi connectivity index (χ4v) is 3.76. The Morgan fingerprint density at radius 3 is 2.79 bits per heavy atom. The van der Waals surface area contributed by atoms with E-state index in [2.05, 4.69) is 28.7 Å². The summed E-state index contributed by atoms with van der Waals surface area (Å²) in [6.07, 6.45) is 4.17. The second-order valence-corrected chi connectivity index (χ2v) is 8.04. The summed E-state index contributed by atoms with van der Waals surface area (Å²) >= 11 is 6.12. The smallest absolute Gasteiger partial charge is 0.222 e. The van der Waals surface area contributed by atoms with Gasteiger partial charge in [0, 0.05) is 55.9 Å². The Bertz CT molecular complexity index is 991. The predicted octanol–water partition coefficient (Wildman–Crippen LogP) is 3.97. The van der Waals surface area contributed by atoms with Gasteiger partial charge in [0.1, 0.15) is 11.5 Å². The van der Waals surface area contributed by atoms with Gasteiger partial charge in [-0.05, 0) is 24.1 Å². The highest BCUT2D eigenvalue weighted by molar-refractivity contribution is 6.31. The van der Waals surface area contributed by atoms with Crippen molar-refractivity contribution in [2.45, 2.75) is 20.3 Å². The van der Waals surface area contributed by atoms with E-state index in [-0.39, 0.29) is 5.91 Å². The van der Waals surface area contributed by atoms with Crippen LogP contribution in [0, 0.1) is 5.92 Å². The maximum absolute atomic E-state index is 12.3. The van der Waals surface area contributed by atoms with Crippen LogP contribution in [0.2, 0.25) is 5.02 Å². The van der Waals surface area contributed by atoms with Crippen LogP contribution in [0.4, 0.5) is 5.82 Å². The Kier molecular flexibility index (Phi) is 5.22. The normalized spacial score (nSPS) is 14.9. The van der Waals surface area contributed by atoms with Crippen molar-refractivity contribution in [3.05, 3.63) is 41.7 Å². The number of nitrogens with one attached hydrogen (secondary N) is 1. The first-order chi connectivity index (χ1) is 13.5. The Hall–Kier alpha value is -2.60. The maximum atomic E-state index is 12.3. The molecular formula is C21H24ClN5O. The van der Waals surface area contributed by atoms with E-state index in [1.54, 1.807) is 6.20 Å². The fourth-order valence-electron chi connectivity index (χ4n) is 3.60. The lowest BCUT2D eigenvalue weighted by atomic mass is 10.1. The number of halogens is 1. The van der Waals surface area contributed by atoms with Crippen molar-refractivity contribution < 1.29 is 4.79 Å². The topological polar surface area (TPSA) is 65.1 Å². The van der Waals surface area contributed by atoms with E-state index in [1.807, 2.05) is 35.4 Å². The zero-order valence-corrected chi connectivity index (χ0v) is 16.9. The molecule has 0 atom stereocenters. The molecule has 3 aromatic heterocycles. The van der Waals surface area contributed by atoms with Crippen molar-refractivity contribution in [3.8, 4) is 11.3 Å². The largest absolute Gasteiger partial charge is 0.353 e. The molecule has 4 heterocycles. The second kappa shape index (κ2) is 7.80. The van der Waals surface area contributed by atoms with Gasteiger partial charge in [0.15, 0.2) is 0 Å². The summed E-state index contributed by atoms with van der Waals surface area (Å²) in [5.74, 6) is 1.57. The highest BCUT2D eigenvalue weighted by atomic mass is 35.5. The van der Waals surface area contributed by atoms with Gasteiger partial charge in [-0.2, -0.15) is 0 Å². The molecule has 0 aromatic carbocycles. The fraction of sp³-hybridized carbons (Fsp3) is 0.381. The van der Waals surface area contributed by atoms with Crippen LogP contribution in [-0.4, -0.2) is 51.9 Å². The van der Waals surface area contributed by atoms with E-state index in [0.29, 0.717) is 17.4 Å². The van der Waals surface area contributed by atoms with Crippen LogP contribution in [0.5, 0.6) is 0 Å². The molecule has 0 radical (unpaired) electrons. The third kappa shape index (κ3) is 3.83. The average Bonchev–Trinajstić information content (AvgIpc) is 3.11.